The smallest absolute Gasteiger partial charge is 0.282 e. The molecule has 1 fully saturated rings. The number of para-hydroxylation sites is 1. The van der Waals surface area contributed by atoms with Gasteiger partial charge in [-0.1, -0.05) is 32.0 Å². The van der Waals surface area contributed by atoms with E-state index in [1.807, 2.05) is 44.2 Å². The number of nitrogens with zero attached hydrogens (tertiary/aromatic N) is 1. The summed E-state index contributed by atoms with van der Waals surface area (Å²) in [7, 11) is 0. The zero-order valence-electron chi connectivity index (χ0n) is 16.1. The summed E-state index contributed by atoms with van der Waals surface area (Å²) in [6, 6.07) is 13.0. The minimum Gasteiger partial charge on any atom is -0.494 e. The number of ether oxygens (including phenoxy) is 1. The number of aryl methyl sites for hydroxylation is 1. The summed E-state index contributed by atoms with van der Waals surface area (Å²) in [5.41, 5.74) is 6.24. The molecule has 0 bridgehead atoms. The minimum atomic E-state index is -0.400. The Kier molecular flexibility index (Phi) is 5.31. The summed E-state index contributed by atoms with van der Waals surface area (Å²) in [6.45, 7) is 8.68. The van der Waals surface area contributed by atoms with Gasteiger partial charge in [0, 0.05) is 0 Å². The highest BCUT2D eigenvalue weighted by Crippen LogP contribution is 2.31. The topological polar surface area (TPSA) is 58.6 Å². The molecule has 1 aliphatic rings. The van der Waals surface area contributed by atoms with Gasteiger partial charge in [0.1, 0.15) is 11.3 Å². The fourth-order valence-corrected chi connectivity index (χ4v) is 3.07. The van der Waals surface area contributed by atoms with Crippen molar-refractivity contribution in [3.63, 3.8) is 0 Å². The second-order valence-electron chi connectivity index (χ2n) is 6.81. The van der Waals surface area contributed by atoms with Gasteiger partial charge in [0.05, 0.1) is 12.3 Å². The van der Waals surface area contributed by atoms with Crippen molar-refractivity contribution in [3.05, 3.63) is 64.7 Å². The maximum absolute atomic E-state index is 12.8. The molecule has 0 aromatic heterocycles. The van der Waals surface area contributed by atoms with Crippen LogP contribution in [0.1, 0.15) is 43.4 Å². The molecule has 2 aromatic carbocycles. The van der Waals surface area contributed by atoms with Crippen molar-refractivity contribution in [2.24, 2.45) is 0 Å². The summed E-state index contributed by atoms with van der Waals surface area (Å²) in [5.74, 6) is 0.354. The molecule has 0 aliphatic carbocycles. The highest BCUT2D eigenvalue weighted by atomic mass is 16.5. The van der Waals surface area contributed by atoms with Crippen molar-refractivity contribution in [3.8, 4) is 5.75 Å². The Balaban J connectivity index is 2.00. The highest BCUT2D eigenvalue weighted by molar-refractivity contribution is 6.31. The molecule has 1 aliphatic heterocycles. The van der Waals surface area contributed by atoms with Gasteiger partial charge in [-0.05, 0) is 66.8 Å². The van der Waals surface area contributed by atoms with Gasteiger partial charge in [-0.15, -0.1) is 0 Å². The molecule has 5 heteroatoms. The van der Waals surface area contributed by atoms with Crippen molar-refractivity contribution in [1.82, 2.24) is 5.43 Å². The second kappa shape index (κ2) is 7.66. The van der Waals surface area contributed by atoms with Crippen LogP contribution in [0.4, 0.5) is 5.69 Å². The Labute approximate surface area is 159 Å². The van der Waals surface area contributed by atoms with Gasteiger partial charge in [-0.3, -0.25) is 15.0 Å². The number of anilines is 1. The van der Waals surface area contributed by atoms with Crippen molar-refractivity contribution < 1.29 is 14.3 Å². The summed E-state index contributed by atoms with van der Waals surface area (Å²) < 4.78 is 5.75. The van der Waals surface area contributed by atoms with Gasteiger partial charge in [0.2, 0.25) is 0 Å². The number of hydrogen-bond donors (Lipinski definition) is 1. The standard InChI is InChI=1S/C22H24N2O3/c1-5-27-20-11-15(4)16(12-18(20)14(2)3)13-19-21(25)23-24(22(19)26)17-9-7-6-8-10-17/h6-14H,5H2,1-4H3,(H,23,25)/b19-13-. The first-order chi connectivity index (χ1) is 12.9. The quantitative estimate of drug-likeness (QED) is 0.645. The number of hydrogen-bond acceptors (Lipinski definition) is 3. The van der Waals surface area contributed by atoms with Crippen LogP contribution < -0.4 is 15.2 Å². The Bertz CT molecular complexity index is 901. The first-order valence-electron chi connectivity index (χ1n) is 9.12. The Hall–Kier alpha value is -3.08. The van der Waals surface area contributed by atoms with Gasteiger partial charge in [-0.2, -0.15) is 0 Å². The number of amides is 2. The van der Waals surface area contributed by atoms with E-state index >= 15 is 0 Å². The fourth-order valence-electron chi connectivity index (χ4n) is 3.07. The average Bonchev–Trinajstić information content (AvgIpc) is 2.92. The van der Waals surface area contributed by atoms with Gasteiger partial charge in [-0.25, -0.2) is 5.01 Å². The Morgan fingerprint density at radius 2 is 1.85 bits per heavy atom. The number of carbonyl (C=O) groups is 2. The van der Waals surface area contributed by atoms with E-state index in [0.717, 1.165) is 22.4 Å². The van der Waals surface area contributed by atoms with E-state index in [1.54, 1.807) is 18.2 Å². The van der Waals surface area contributed by atoms with Crippen molar-refractivity contribution in [2.45, 2.75) is 33.6 Å². The molecular formula is C22H24N2O3. The number of rotatable bonds is 5. The van der Waals surface area contributed by atoms with E-state index in [-0.39, 0.29) is 17.4 Å². The monoisotopic (exact) mass is 364 g/mol. The number of benzene rings is 2. The van der Waals surface area contributed by atoms with Crippen LogP contribution in [0.2, 0.25) is 0 Å². The van der Waals surface area contributed by atoms with Gasteiger partial charge >= 0.3 is 0 Å². The third-order valence-corrected chi connectivity index (χ3v) is 4.53. The molecule has 3 rings (SSSR count). The van der Waals surface area contributed by atoms with E-state index in [9.17, 15) is 9.59 Å². The van der Waals surface area contributed by atoms with Gasteiger partial charge in [0.15, 0.2) is 0 Å². The van der Waals surface area contributed by atoms with Crippen LogP contribution in [0, 0.1) is 6.92 Å². The zero-order valence-corrected chi connectivity index (χ0v) is 16.1. The normalized spacial score (nSPS) is 15.6. The van der Waals surface area contributed by atoms with Crippen LogP contribution in [0.15, 0.2) is 48.0 Å². The fraction of sp³-hybridized carbons (Fsp3) is 0.273. The maximum Gasteiger partial charge on any atom is 0.282 e. The third-order valence-electron chi connectivity index (χ3n) is 4.53. The van der Waals surface area contributed by atoms with Crippen LogP contribution in [0.25, 0.3) is 6.08 Å². The number of carbonyl (C=O) groups excluding carboxylic acids is 2. The van der Waals surface area contributed by atoms with E-state index in [4.69, 9.17) is 4.74 Å². The van der Waals surface area contributed by atoms with Crippen molar-refractivity contribution >= 4 is 23.6 Å². The van der Waals surface area contributed by atoms with E-state index in [0.29, 0.717) is 12.3 Å². The van der Waals surface area contributed by atoms with Crippen LogP contribution in [0.5, 0.6) is 5.75 Å². The van der Waals surface area contributed by atoms with Gasteiger partial charge < -0.3 is 4.74 Å². The molecule has 0 spiro atoms. The average molecular weight is 364 g/mol. The van der Waals surface area contributed by atoms with Crippen LogP contribution in [-0.2, 0) is 9.59 Å². The van der Waals surface area contributed by atoms with Crippen molar-refractivity contribution in [1.29, 1.82) is 0 Å². The lowest BCUT2D eigenvalue weighted by Crippen LogP contribution is -2.35. The molecule has 2 amide bonds. The molecule has 0 unspecified atom stereocenters. The number of nitrogens with one attached hydrogen (secondary N) is 1. The first kappa shape index (κ1) is 18.7. The molecule has 5 nitrogen and oxygen atoms in total. The molecule has 1 heterocycles. The van der Waals surface area contributed by atoms with Crippen molar-refractivity contribution in [2.75, 3.05) is 11.6 Å². The Morgan fingerprint density at radius 1 is 1.15 bits per heavy atom. The summed E-state index contributed by atoms with van der Waals surface area (Å²) in [5, 5.41) is 1.28. The van der Waals surface area contributed by atoms with Crippen LogP contribution in [-0.4, -0.2) is 18.4 Å². The highest BCUT2D eigenvalue weighted by Gasteiger charge is 2.34. The molecule has 0 radical (unpaired) electrons. The Morgan fingerprint density at radius 3 is 2.48 bits per heavy atom. The molecule has 27 heavy (non-hydrogen) atoms. The first-order valence-corrected chi connectivity index (χ1v) is 9.12. The summed E-state index contributed by atoms with van der Waals surface area (Å²) in [6.07, 6.45) is 1.66. The molecule has 0 atom stereocenters. The zero-order chi connectivity index (χ0) is 19.6. The van der Waals surface area contributed by atoms with Crippen LogP contribution in [0.3, 0.4) is 0 Å². The van der Waals surface area contributed by atoms with Gasteiger partial charge in [0.25, 0.3) is 11.8 Å². The summed E-state index contributed by atoms with van der Waals surface area (Å²) in [4.78, 5) is 25.2. The lowest BCUT2D eigenvalue weighted by atomic mass is 9.95. The summed E-state index contributed by atoms with van der Waals surface area (Å²) >= 11 is 0. The van der Waals surface area contributed by atoms with Crippen LogP contribution >= 0.6 is 0 Å². The molecule has 140 valence electrons. The maximum atomic E-state index is 12.8. The second-order valence-corrected chi connectivity index (χ2v) is 6.81. The lowest BCUT2D eigenvalue weighted by Gasteiger charge is -2.16. The molecule has 2 aromatic rings. The largest absolute Gasteiger partial charge is 0.494 e. The van der Waals surface area contributed by atoms with E-state index in [1.165, 1.54) is 5.01 Å². The lowest BCUT2D eigenvalue weighted by molar-refractivity contribution is -0.117. The molecule has 1 N–H and O–H groups in total. The predicted molar refractivity (Wildman–Crippen MR) is 106 cm³/mol. The SMILES string of the molecule is CCOc1cc(C)c(/C=C2/C(=O)NN(c3ccccc3)C2=O)cc1C(C)C. The van der Waals surface area contributed by atoms with E-state index < -0.39 is 5.91 Å². The molecular weight excluding hydrogens is 340 g/mol. The van der Waals surface area contributed by atoms with E-state index in [2.05, 4.69) is 19.3 Å². The predicted octanol–water partition coefficient (Wildman–Crippen LogP) is 3.98. The minimum absolute atomic E-state index is 0.126. The third kappa shape index (κ3) is 3.72. The molecule has 1 saturated heterocycles. The molecule has 0 saturated carbocycles. The number of hydrazine groups is 1.